The van der Waals surface area contributed by atoms with Gasteiger partial charge in [0.2, 0.25) is 5.06 Å². The first-order chi connectivity index (χ1) is 8.28. The molecule has 17 heavy (non-hydrogen) atoms. The number of ether oxygens (including phenoxy) is 1. The van der Waals surface area contributed by atoms with E-state index < -0.39 is 5.06 Å². The quantitative estimate of drug-likeness (QED) is 0.686. The van der Waals surface area contributed by atoms with Crippen LogP contribution >= 0.6 is 11.6 Å². The summed E-state index contributed by atoms with van der Waals surface area (Å²) in [7, 11) is 0. The number of benzene rings is 2. The van der Waals surface area contributed by atoms with Crippen molar-refractivity contribution in [1.29, 1.82) is 0 Å². The van der Waals surface area contributed by atoms with Crippen LogP contribution in [0.1, 0.15) is 17.5 Å². The maximum absolute atomic E-state index is 6.61. The normalized spacial score (nSPS) is 22.6. The van der Waals surface area contributed by atoms with Crippen LogP contribution in [0.4, 0.5) is 0 Å². The minimum absolute atomic E-state index is 0.713. The van der Waals surface area contributed by atoms with Crippen LogP contribution in [0.5, 0.6) is 5.75 Å². The van der Waals surface area contributed by atoms with E-state index in [1.54, 1.807) is 0 Å². The van der Waals surface area contributed by atoms with Crippen molar-refractivity contribution in [3.8, 4) is 5.75 Å². The number of hydrogen-bond donors (Lipinski definition) is 0. The van der Waals surface area contributed by atoms with Gasteiger partial charge in [-0.2, -0.15) is 0 Å². The zero-order valence-corrected chi connectivity index (χ0v) is 10.2. The van der Waals surface area contributed by atoms with Crippen LogP contribution in [-0.4, -0.2) is 0 Å². The first-order valence-electron chi connectivity index (χ1n) is 5.79. The van der Waals surface area contributed by atoms with E-state index in [4.69, 9.17) is 16.3 Å². The molecule has 2 heteroatoms. The summed E-state index contributed by atoms with van der Waals surface area (Å²) < 4.78 is 5.97. The van der Waals surface area contributed by atoms with Gasteiger partial charge in [-0.15, -0.1) is 0 Å². The van der Waals surface area contributed by atoms with Crippen molar-refractivity contribution in [2.45, 2.75) is 17.9 Å². The van der Waals surface area contributed by atoms with Crippen LogP contribution in [0, 0.1) is 0 Å². The van der Waals surface area contributed by atoms with Crippen LogP contribution in [0.25, 0.3) is 0 Å². The maximum atomic E-state index is 6.61. The largest absolute Gasteiger partial charge is 0.467 e. The molecular weight excluding hydrogens is 232 g/mol. The predicted octanol–water partition coefficient (Wildman–Crippen LogP) is 4.10. The molecule has 3 rings (SSSR count). The summed E-state index contributed by atoms with van der Waals surface area (Å²) in [6.45, 7) is 0. The van der Waals surface area contributed by atoms with Crippen LogP contribution in [0.15, 0.2) is 54.6 Å². The monoisotopic (exact) mass is 244 g/mol. The van der Waals surface area contributed by atoms with E-state index in [0.717, 1.165) is 24.2 Å². The molecule has 1 heterocycles. The van der Waals surface area contributed by atoms with Crippen LogP contribution in [-0.2, 0) is 11.5 Å². The van der Waals surface area contributed by atoms with Gasteiger partial charge in [-0.3, -0.25) is 0 Å². The fourth-order valence-corrected chi connectivity index (χ4v) is 2.52. The topological polar surface area (TPSA) is 9.23 Å². The molecule has 1 aliphatic heterocycles. The van der Waals surface area contributed by atoms with Crippen LogP contribution in [0.3, 0.4) is 0 Å². The maximum Gasteiger partial charge on any atom is 0.208 e. The van der Waals surface area contributed by atoms with Crippen molar-refractivity contribution < 1.29 is 4.74 Å². The molecule has 2 aromatic carbocycles. The molecule has 0 bridgehead atoms. The highest BCUT2D eigenvalue weighted by molar-refractivity contribution is 6.23. The van der Waals surface area contributed by atoms with Crippen molar-refractivity contribution >= 4 is 11.6 Å². The van der Waals surface area contributed by atoms with Gasteiger partial charge >= 0.3 is 0 Å². The molecule has 1 nitrogen and oxygen atoms in total. The third-order valence-corrected chi connectivity index (χ3v) is 3.65. The minimum Gasteiger partial charge on any atom is -0.467 e. The van der Waals surface area contributed by atoms with E-state index >= 15 is 0 Å². The number of aryl methyl sites for hydroxylation is 1. The SMILES string of the molecule is ClC1(c2ccccc2)CCc2ccccc2O1. The average Bonchev–Trinajstić information content (AvgIpc) is 2.40. The molecule has 0 spiro atoms. The van der Waals surface area contributed by atoms with Crippen molar-refractivity contribution in [3.63, 3.8) is 0 Å². The fraction of sp³-hybridized carbons (Fsp3) is 0.200. The highest BCUT2D eigenvalue weighted by atomic mass is 35.5. The first-order valence-corrected chi connectivity index (χ1v) is 6.17. The summed E-state index contributed by atoms with van der Waals surface area (Å²) in [6, 6.07) is 18.1. The van der Waals surface area contributed by atoms with Gasteiger partial charge in [0.15, 0.2) is 0 Å². The lowest BCUT2D eigenvalue weighted by Crippen LogP contribution is -2.30. The average molecular weight is 245 g/mol. The van der Waals surface area contributed by atoms with E-state index in [0.29, 0.717) is 0 Å². The summed E-state index contributed by atoms with van der Waals surface area (Å²) in [5, 5.41) is -0.713. The van der Waals surface area contributed by atoms with E-state index in [1.165, 1.54) is 5.56 Å². The van der Waals surface area contributed by atoms with Crippen molar-refractivity contribution in [2.24, 2.45) is 0 Å². The molecule has 0 aromatic heterocycles. The Balaban J connectivity index is 1.98. The Labute approximate surface area is 106 Å². The minimum atomic E-state index is -0.713. The Morgan fingerprint density at radius 3 is 2.47 bits per heavy atom. The molecule has 0 fully saturated rings. The Kier molecular flexibility index (Phi) is 2.56. The van der Waals surface area contributed by atoms with Crippen LogP contribution < -0.4 is 4.74 Å². The van der Waals surface area contributed by atoms with Crippen molar-refractivity contribution in [3.05, 3.63) is 65.7 Å². The molecule has 1 aliphatic rings. The van der Waals surface area contributed by atoms with Gasteiger partial charge in [-0.25, -0.2) is 0 Å². The molecule has 1 unspecified atom stereocenters. The summed E-state index contributed by atoms with van der Waals surface area (Å²) in [6.07, 6.45) is 1.75. The summed E-state index contributed by atoms with van der Waals surface area (Å²) in [5.74, 6) is 0.901. The lowest BCUT2D eigenvalue weighted by atomic mass is 9.97. The van der Waals surface area contributed by atoms with E-state index in [-0.39, 0.29) is 0 Å². The molecule has 1 atom stereocenters. The predicted molar refractivity (Wildman–Crippen MR) is 69.4 cm³/mol. The summed E-state index contributed by atoms with van der Waals surface area (Å²) >= 11 is 6.61. The van der Waals surface area contributed by atoms with Crippen molar-refractivity contribution in [2.75, 3.05) is 0 Å². The Hall–Kier alpha value is -1.47. The highest BCUT2D eigenvalue weighted by Gasteiger charge is 2.35. The lowest BCUT2D eigenvalue weighted by molar-refractivity contribution is 0.130. The second-order valence-corrected chi connectivity index (χ2v) is 4.91. The van der Waals surface area contributed by atoms with Crippen LogP contribution in [0.2, 0.25) is 0 Å². The third-order valence-electron chi connectivity index (χ3n) is 3.17. The van der Waals surface area contributed by atoms with E-state index in [1.807, 2.05) is 48.5 Å². The number of hydrogen-bond acceptors (Lipinski definition) is 1. The van der Waals surface area contributed by atoms with Gasteiger partial charge < -0.3 is 4.74 Å². The van der Waals surface area contributed by atoms with E-state index in [2.05, 4.69) is 6.07 Å². The molecule has 86 valence electrons. The Morgan fingerprint density at radius 2 is 1.65 bits per heavy atom. The van der Waals surface area contributed by atoms with Gasteiger partial charge in [0.25, 0.3) is 0 Å². The van der Waals surface area contributed by atoms with Gasteiger partial charge in [-0.1, -0.05) is 60.1 Å². The molecule has 0 aliphatic carbocycles. The molecule has 0 saturated carbocycles. The van der Waals surface area contributed by atoms with Gasteiger partial charge in [0.05, 0.1) is 0 Å². The fourth-order valence-electron chi connectivity index (χ4n) is 2.22. The molecule has 0 amide bonds. The molecule has 0 saturated heterocycles. The molecule has 0 radical (unpaired) electrons. The number of fused-ring (bicyclic) bond motifs is 1. The molecule has 0 N–H and O–H groups in total. The number of para-hydroxylation sites is 1. The standard InChI is InChI=1S/C15H13ClO/c16-15(13-7-2-1-3-8-13)11-10-12-6-4-5-9-14(12)17-15/h1-9H,10-11H2. The van der Waals surface area contributed by atoms with E-state index in [9.17, 15) is 0 Å². The summed E-state index contributed by atoms with van der Waals surface area (Å²) in [5.41, 5.74) is 2.26. The molecule has 2 aromatic rings. The Morgan fingerprint density at radius 1 is 0.941 bits per heavy atom. The third kappa shape index (κ3) is 1.91. The second kappa shape index (κ2) is 4.08. The van der Waals surface area contributed by atoms with Gasteiger partial charge in [0.1, 0.15) is 5.75 Å². The van der Waals surface area contributed by atoms with Gasteiger partial charge in [0, 0.05) is 12.0 Å². The number of alkyl halides is 1. The second-order valence-electron chi connectivity index (χ2n) is 4.30. The molecular formula is C15H13ClO. The van der Waals surface area contributed by atoms with Gasteiger partial charge in [-0.05, 0) is 18.1 Å². The summed E-state index contributed by atoms with van der Waals surface area (Å²) in [4.78, 5) is 0. The Bertz CT molecular complexity index is 523. The smallest absolute Gasteiger partial charge is 0.208 e. The highest BCUT2D eigenvalue weighted by Crippen LogP contribution is 2.42. The zero-order valence-electron chi connectivity index (χ0n) is 9.40. The number of halogens is 1. The zero-order chi connectivity index (χ0) is 11.7. The lowest BCUT2D eigenvalue weighted by Gasteiger charge is -2.33. The first kappa shape index (κ1) is 10.7. The van der Waals surface area contributed by atoms with Crippen molar-refractivity contribution in [1.82, 2.24) is 0 Å². The number of rotatable bonds is 1.